The molecule has 3 nitrogen and oxygen atoms in total. The van der Waals surface area contributed by atoms with Gasteiger partial charge in [0.1, 0.15) is 5.82 Å². The van der Waals surface area contributed by atoms with Gasteiger partial charge in [0.2, 0.25) is 0 Å². The van der Waals surface area contributed by atoms with Gasteiger partial charge in [-0.2, -0.15) is 0 Å². The van der Waals surface area contributed by atoms with Crippen LogP contribution >= 0.6 is 15.9 Å². The van der Waals surface area contributed by atoms with E-state index in [0.717, 1.165) is 40.0 Å². The van der Waals surface area contributed by atoms with E-state index in [2.05, 4.69) is 69.1 Å². The zero-order valence-corrected chi connectivity index (χ0v) is 13.8. The monoisotopic (exact) mass is 343 g/mol. The second kappa shape index (κ2) is 5.90. The van der Waals surface area contributed by atoms with Crippen LogP contribution in [0.5, 0.6) is 0 Å². The number of halogens is 1. The fourth-order valence-corrected chi connectivity index (χ4v) is 3.00. The van der Waals surface area contributed by atoms with Crippen LogP contribution in [0.15, 0.2) is 46.9 Å². The summed E-state index contributed by atoms with van der Waals surface area (Å²) in [6.45, 7) is 3.16. The molecule has 0 fully saturated rings. The number of rotatable bonds is 4. The minimum absolute atomic E-state index is 0.964. The van der Waals surface area contributed by atoms with Crippen LogP contribution in [-0.4, -0.2) is 16.6 Å². The molecule has 108 valence electrons. The molecule has 21 heavy (non-hydrogen) atoms. The molecular weight excluding hydrogens is 326 g/mol. The van der Waals surface area contributed by atoms with Gasteiger partial charge in [-0.25, -0.2) is 4.98 Å². The third-order valence-electron chi connectivity index (χ3n) is 3.59. The Morgan fingerprint density at radius 3 is 2.76 bits per heavy atom. The predicted octanol–water partition coefficient (Wildman–Crippen LogP) is 4.92. The number of benzene rings is 2. The molecule has 0 aliphatic rings. The van der Waals surface area contributed by atoms with Crippen molar-refractivity contribution >= 4 is 32.7 Å². The van der Waals surface area contributed by atoms with Crippen LogP contribution in [0.25, 0.3) is 22.4 Å². The van der Waals surface area contributed by atoms with Gasteiger partial charge in [-0.1, -0.05) is 35.0 Å². The lowest BCUT2D eigenvalue weighted by atomic mass is 10.1. The predicted molar refractivity (Wildman–Crippen MR) is 92.7 cm³/mol. The molecule has 1 heterocycles. The third-order valence-corrected chi connectivity index (χ3v) is 4.09. The molecule has 0 amide bonds. The molecule has 0 saturated heterocycles. The number of para-hydroxylation sites is 1. The fourth-order valence-electron chi connectivity index (χ4n) is 2.65. The van der Waals surface area contributed by atoms with Crippen LogP contribution < -0.4 is 5.32 Å². The Bertz CT molecular complexity index is 777. The van der Waals surface area contributed by atoms with Crippen LogP contribution in [0.1, 0.15) is 13.3 Å². The van der Waals surface area contributed by atoms with Crippen molar-refractivity contribution in [1.82, 2.24) is 9.55 Å². The lowest BCUT2D eigenvalue weighted by Gasteiger charge is -2.11. The number of hydrogen-bond donors (Lipinski definition) is 1. The number of nitrogens with one attached hydrogen (secondary N) is 1. The number of fused-ring (bicyclic) bond motifs is 1. The number of nitrogens with zero attached hydrogens (tertiary/aromatic N) is 2. The molecule has 0 bridgehead atoms. The van der Waals surface area contributed by atoms with Gasteiger partial charge in [-0.15, -0.1) is 0 Å². The maximum Gasteiger partial charge on any atom is 0.143 e. The Balaban J connectivity index is 2.28. The van der Waals surface area contributed by atoms with Crippen LogP contribution in [0.3, 0.4) is 0 Å². The number of imidazole rings is 1. The van der Waals surface area contributed by atoms with Gasteiger partial charge in [0.25, 0.3) is 0 Å². The Morgan fingerprint density at radius 2 is 2.00 bits per heavy atom. The summed E-state index contributed by atoms with van der Waals surface area (Å²) in [6.07, 6.45) is 1.08. The van der Waals surface area contributed by atoms with Gasteiger partial charge in [0.15, 0.2) is 0 Å². The Labute approximate surface area is 133 Å². The van der Waals surface area contributed by atoms with Crippen molar-refractivity contribution in [3.05, 3.63) is 46.9 Å². The molecule has 1 aromatic heterocycles. The molecule has 1 N–H and O–H groups in total. The van der Waals surface area contributed by atoms with Crippen LogP contribution in [0.4, 0.5) is 5.69 Å². The van der Waals surface area contributed by atoms with E-state index in [1.54, 1.807) is 0 Å². The fraction of sp³-hybridized carbons (Fsp3) is 0.235. The molecule has 0 saturated carbocycles. The van der Waals surface area contributed by atoms with E-state index in [-0.39, 0.29) is 0 Å². The maximum atomic E-state index is 4.86. The Kier molecular flexibility index (Phi) is 3.97. The summed E-state index contributed by atoms with van der Waals surface area (Å²) in [5, 5.41) is 3.26. The van der Waals surface area contributed by atoms with Crippen molar-refractivity contribution in [2.45, 2.75) is 19.9 Å². The van der Waals surface area contributed by atoms with Gasteiger partial charge >= 0.3 is 0 Å². The van der Waals surface area contributed by atoms with E-state index in [1.165, 1.54) is 5.52 Å². The third kappa shape index (κ3) is 2.56. The minimum atomic E-state index is 0.964. The molecule has 0 spiro atoms. The van der Waals surface area contributed by atoms with Crippen molar-refractivity contribution in [2.24, 2.45) is 0 Å². The molecule has 0 unspecified atom stereocenters. The zero-order valence-electron chi connectivity index (χ0n) is 12.2. The average Bonchev–Trinajstić information content (AvgIpc) is 2.85. The SMILES string of the molecule is CCCn1c(-c2ccccc2NC)nc2cc(Br)ccc21. The first kappa shape index (κ1) is 14.1. The van der Waals surface area contributed by atoms with Crippen molar-refractivity contribution < 1.29 is 0 Å². The molecule has 3 rings (SSSR count). The zero-order chi connectivity index (χ0) is 14.8. The van der Waals surface area contributed by atoms with E-state index < -0.39 is 0 Å². The summed E-state index contributed by atoms with van der Waals surface area (Å²) in [6, 6.07) is 14.6. The first-order valence-electron chi connectivity index (χ1n) is 7.17. The van der Waals surface area contributed by atoms with Gasteiger partial charge < -0.3 is 9.88 Å². The van der Waals surface area contributed by atoms with Crippen LogP contribution in [0.2, 0.25) is 0 Å². The highest BCUT2D eigenvalue weighted by atomic mass is 79.9. The standard InChI is InChI=1S/C17H18BrN3/c1-3-10-21-16-9-8-12(18)11-15(16)20-17(21)13-6-4-5-7-14(13)19-2/h4-9,11,19H,3,10H2,1-2H3. The molecular formula is C17H18BrN3. The number of aromatic nitrogens is 2. The highest BCUT2D eigenvalue weighted by Gasteiger charge is 2.14. The van der Waals surface area contributed by atoms with Gasteiger partial charge in [0.05, 0.1) is 11.0 Å². The molecule has 0 aliphatic carbocycles. The number of aryl methyl sites for hydroxylation is 1. The summed E-state index contributed by atoms with van der Waals surface area (Å²) in [4.78, 5) is 4.86. The highest BCUT2D eigenvalue weighted by Crippen LogP contribution is 2.31. The maximum absolute atomic E-state index is 4.86. The smallest absolute Gasteiger partial charge is 0.143 e. The van der Waals surface area contributed by atoms with Crippen molar-refractivity contribution in [2.75, 3.05) is 12.4 Å². The molecule has 2 aromatic carbocycles. The Morgan fingerprint density at radius 1 is 1.19 bits per heavy atom. The van der Waals surface area contributed by atoms with Crippen molar-refractivity contribution in [3.63, 3.8) is 0 Å². The number of anilines is 1. The van der Waals surface area contributed by atoms with E-state index in [9.17, 15) is 0 Å². The first-order chi connectivity index (χ1) is 10.2. The van der Waals surface area contributed by atoms with Crippen molar-refractivity contribution in [1.29, 1.82) is 0 Å². The quantitative estimate of drug-likeness (QED) is 0.728. The molecule has 4 heteroatoms. The van der Waals surface area contributed by atoms with Gasteiger partial charge in [-0.3, -0.25) is 0 Å². The highest BCUT2D eigenvalue weighted by molar-refractivity contribution is 9.10. The van der Waals surface area contributed by atoms with E-state index in [4.69, 9.17) is 4.98 Å². The van der Waals surface area contributed by atoms with E-state index in [1.807, 2.05) is 13.1 Å². The Hall–Kier alpha value is -1.81. The molecule has 0 radical (unpaired) electrons. The summed E-state index contributed by atoms with van der Waals surface area (Å²) >= 11 is 3.53. The van der Waals surface area contributed by atoms with Crippen LogP contribution in [0, 0.1) is 0 Å². The molecule has 0 aliphatic heterocycles. The lowest BCUT2D eigenvalue weighted by molar-refractivity contribution is 0.704. The first-order valence-corrected chi connectivity index (χ1v) is 7.97. The largest absolute Gasteiger partial charge is 0.388 e. The van der Waals surface area contributed by atoms with Gasteiger partial charge in [0, 0.05) is 29.3 Å². The second-order valence-corrected chi connectivity index (χ2v) is 5.93. The lowest BCUT2D eigenvalue weighted by Crippen LogP contribution is -2.01. The topological polar surface area (TPSA) is 29.9 Å². The van der Waals surface area contributed by atoms with Gasteiger partial charge in [-0.05, 0) is 36.8 Å². The molecule has 3 aromatic rings. The molecule has 0 atom stereocenters. The van der Waals surface area contributed by atoms with Crippen LogP contribution in [-0.2, 0) is 6.54 Å². The van der Waals surface area contributed by atoms with E-state index in [0.29, 0.717) is 0 Å². The summed E-state index contributed by atoms with van der Waals surface area (Å²) in [5.74, 6) is 1.02. The van der Waals surface area contributed by atoms with Crippen molar-refractivity contribution in [3.8, 4) is 11.4 Å². The van der Waals surface area contributed by atoms with E-state index >= 15 is 0 Å². The summed E-state index contributed by atoms with van der Waals surface area (Å²) in [7, 11) is 1.95. The normalized spacial score (nSPS) is 11.0. The minimum Gasteiger partial charge on any atom is -0.388 e. The number of hydrogen-bond acceptors (Lipinski definition) is 2. The summed E-state index contributed by atoms with van der Waals surface area (Å²) < 4.78 is 3.36. The second-order valence-electron chi connectivity index (χ2n) is 5.02. The average molecular weight is 344 g/mol. The summed E-state index contributed by atoms with van der Waals surface area (Å²) in [5.41, 5.74) is 4.45.